The third kappa shape index (κ3) is 4.44. The largest absolute Gasteiger partial charge is 0.480 e. The van der Waals surface area contributed by atoms with Crippen LogP contribution in [0.4, 0.5) is 0 Å². The van der Waals surface area contributed by atoms with Gasteiger partial charge in [0.1, 0.15) is 5.54 Å². The van der Waals surface area contributed by atoms with Crippen LogP contribution in [0.1, 0.15) is 39.5 Å². The number of carbonyl (C=O) groups is 1. The van der Waals surface area contributed by atoms with E-state index in [4.69, 9.17) is 10.8 Å². The van der Waals surface area contributed by atoms with Gasteiger partial charge in [0.15, 0.2) is 0 Å². The van der Waals surface area contributed by atoms with E-state index in [2.05, 4.69) is 23.8 Å². The van der Waals surface area contributed by atoms with Gasteiger partial charge in [-0.1, -0.05) is 13.8 Å². The van der Waals surface area contributed by atoms with Gasteiger partial charge in [-0.2, -0.15) is 0 Å². The maximum atomic E-state index is 11.1. The van der Waals surface area contributed by atoms with Gasteiger partial charge in [-0.25, -0.2) is 0 Å². The van der Waals surface area contributed by atoms with Crippen LogP contribution < -0.4 is 5.73 Å². The molecule has 0 aliphatic carbocycles. The molecule has 0 bridgehead atoms. The van der Waals surface area contributed by atoms with E-state index in [1.807, 2.05) is 6.92 Å². The third-order valence-electron chi connectivity index (χ3n) is 4.49. The molecule has 0 aromatic rings. The summed E-state index contributed by atoms with van der Waals surface area (Å²) >= 11 is 0. The highest BCUT2D eigenvalue weighted by molar-refractivity contribution is 5.78. The first-order chi connectivity index (χ1) is 8.92. The summed E-state index contributed by atoms with van der Waals surface area (Å²) in [5, 5.41) is 9.14. The first-order valence-corrected chi connectivity index (χ1v) is 7.37. The average molecular weight is 271 g/mol. The van der Waals surface area contributed by atoms with Crippen molar-refractivity contribution in [3.63, 3.8) is 0 Å². The molecule has 1 rings (SSSR count). The van der Waals surface area contributed by atoms with Gasteiger partial charge < -0.3 is 20.6 Å². The number of carboxylic acids is 1. The molecule has 5 nitrogen and oxygen atoms in total. The minimum Gasteiger partial charge on any atom is -0.480 e. The highest BCUT2D eigenvalue weighted by Crippen LogP contribution is 2.16. The average Bonchev–Trinajstić information content (AvgIpc) is 2.40. The number of piperazine rings is 1. The quantitative estimate of drug-likeness (QED) is 0.722. The summed E-state index contributed by atoms with van der Waals surface area (Å²) in [5.74, 6) is -0.875. The SMILES string of the molecule is CCC1CN(CCCC(N)(CC)C(=O)O)CCN1C. The van der Waals surface area contributed by atoms with Gasteiger partial charge in [0.25, 0.3) is 0 Å². The molecular weight excluding hydrogens is 242 g/mol. The number of rotatable bonds is 7. The lowest BCUT2D eigenvalue weighted by molar-refractivity contribution is -0.143. The van der Waals surface area contributed by atoms with Crippen molar-refractivity contribution in [3.05, 3.63) is 0 Å². The number of nitrogens with two attached hydrogens (primary N) is 1. The summed E-state index contributed by atoms with van der Waals surface area (Å²) in [6.45, 7) is 8.28. The van der Waals surface area contributed by atoms with Gasteiger partial charge in [-0.3, -0.25) is 4.79 Å². The Bertz CT molecular complexity index is 298. The standard InChI is InChI=1S/C14H29N3O2/c1-4-12-11-17(10-9-16(12)3)8-6-7-14(15,5-2)13(18)19/h12H,4-11,15H2,1-3H3,(H,18,19). The Kier molecular flexibility index (Phi) is 6.23. The second kappa shape index (κ2) is 7.22. The van der Waals surface area contributed by atoms with Crippen molar-refractivity contribution in [3.8, 4) is 0 Å². The summed E-state index contributed by atoms with van der Waals surface area (Å²) in [4.78, 5) is 16.0. The van der Waals surface area contributed by atoms with Crippen molar-refractivity contribution >= 4 is 5.97 Å². The molecule has 0 amide bonds. The molecule has 0 aromatic heterocycles. The van der Waals surface area contributed by atoms with Gasteiger partial charge in [0.05, 0.1) is 0 Å². The van der Waals surface area contributed by atoms with E-state index in [1.165, 1.54) is 0 Å². The third-order valence-corrected chi connectivity index (χ3v) is 4.49. The summed E-state index contributed by atoms with van der Waals surface area (Å²) in [6, 6.07) is 0.627. The molecular formula is C14H29N3O2. The molecule has 0 spiro atoms. The van der Waals surface area contributed by atoms with E-state index in [0.29, 0.717) is 18.9 Å². The molecule has 1 fully saturated rings. The monoisotopic (exact) mass is 271 g/mol. The number of hydrogen-bond donors (Lipinski definition) is 2. The van der Waals surface area contributed by atoms with E-state index < -0.39 is 11.5 Å². The molecule has 2 atom stereocenters. The van der Waals surface area contributed by atoms with E-state index in [-0.39, 0.29) is 0 Å². The fourth-order valence-corrected chi connectivity index (χ4v) is 2.71. The Morgan fingerprint density at radius 1 is 1.42 bits per heavy atom. The molecule has 0 radical (unpaired) electrons. The molecule has 0 aromatic carbocycles. The molecule has 1 heterocycles. The Labute approximate surface area is 116 Å². The molecule has 3 N–H and O–H groups in total. The number of carboxylic acid groups (broad SMARTS) is 1. The van der Waals surface area contributed by atoms with Crippen LogP contribution in [0.25, 0.3) is 0 Å². The lowest BCUT2D eigenvalue weighted by atomic mass is 9.91. The maximum Gasteiger partial charge on any atom is 0.323 e. The fourth-order valence-electron chi connectivity index (χ4n) is 2.71. The predicted octanol–water partition coefficient (Wildman–Crippen LogP) is 0.985. The molecule has 19 heavy (non-hydrogen) atoms. The summed E-state index contributed by atoms with van der Waals surface area (Å²) in [7, 11) is 2.18. The van der Waals surface area contributed by atoms with Crippen LogP contribution in [0.3, 0.4) is 0 Å². The zero-order valence-corrected chi connectivity index (χ0v) is 12.6. The van der Waals surface area contributed by atoms with Crippen LogP contribution >= 0.6 is 0 Å². The molecule has 5 heteroatoms. The number of hydrogen-bond acceptors (Lipinski definition) is 4. The highest BCUT2D eigenvalue weighted by Gasteiger charge is 2.31. The zero-order chi connectivity index (χ0) is 14.5. The van der Waals surface area contributed by atoms with E-state index >= 15 is 0 Å². The van der Waals surface area contributed by atoms with E-state index in [9.17, 15) is 4.79 Å². The number of nitrogens with zero attached hydrogens (tertiary/aromatic N) is 2. The molecule has 1 aliphatic rings. The molecule has 0 saturated carbocycles. The number of aliphatic carboxylic acids is 1. The highest BCUT2D eigenvalue weighted by atomic mass is 16.4. The Balaban J connectivity index is 2.35. The van der Waals surface area contributed by atoms with Crippen molar-refractivity contribution in [1.82, 2.24) is 9.80 Å². The predicted molar refractivity (Wildman–Crippen MR) is 77.2 cm³/mol. The lowest BCUT2D eigenvalue weighted by Gasteiger charge is -2.39. The van der Waals surface area contributed by atoms with Gasteiger partial charge >= 0.3 is 5.97 Å². The smallest absolute Gasteiger partial charge is 0.323 e. The van der Waals surface area contributed by atoms with Crippen molar-refractivity contribution in [2.45, 2.75) is 51.1 Å². The lowest BCUT2D eigenvalue weighted by Crippen LogP contribution is -2.52. The first-order valence-electron chi connectivity index (χ1n) is 7.37. The minimum absolute atomic E-state index is 0.489. The van der Waals surface area contributed by atoms with Crippen LogP contribution in [0.5, 0.6) is 0 Å². The van der Waals surface area contributed by atoms with Crippen molar-refractivity contribution in [1.29, 1.82) is 0 Å². The number of likely N-dealkylation sites (N-methyl/N-ethyl adjacent to an activating group) is 1. The van der Waals surface area contributed by atoms with Gasteiger partial charge in [-0.05, 0) is 39.3 Å². The van der Waals surface area contributed by atoms with Crippen LogP contribution in [0, 0.1) is 0 Å². The Hall–Kier alpha value is -0.650. The summed E-state index contributed by atoms with van der Waals surface area (Å²) in [5.41, 5.74) is 4.86. The van der Waals surface area contributed by atoms with Crippen LogP contribution in [-0.2, 0) is 4.79 Å². The second-order valence-electron chi connectivity index (χ2n) is 5.76. The summed E-state index contributed by atoms with van der Waals surface area (Å²) < 4.78 is 0. The van der Waals surface area contributed by atoms with Gasteiger partial charge in [0, 0.05) is 25.7 Å². The van der Waals surface area contributed by atoms with Crippen LogP contribution in [0.2, 0.25) is 0 Å². The zero-order valence-electron chi connectivity index (χ0n) is 12.6. The molecule has 1 aliphatic heterocycles. The fraction of sp³-hybridized carbons (Fsp3) is 0.929. The second-order valence-corrected chi connectivity index (χ2v) is 5.76. The topological polar surface area (TPSA) is 69.8 Å². The molecule has 112 valence electrons. The van der Waals surface area contributed by atoms with E-state index in [0.717, 1.165) is 39.0 Å². The minimum atomic E-state index is -1.04. The van der Waals surface area contributed by atoms with E-state index in [1.54, 1.807) is 0 Å². The Morgan fingerprint density at radius 2 is 2.11 bits per heavy atom. The van der Waals surface area contributed by atoms with Crippen LogP contribution in [-0.4, -0.2) is 65.7 Å². The van der Waals surface area contributed by atoms with Crippen molar-refractivity contribution in [2.24, 2.45) is 5.73 Å². The normalized spacial score (nSPS) is 25.2. The molecule has 1 saturated heterocycles. The van der Waals surface area contributed by atoms with Crippen LogP contribution in [0.15, 0.2) is 0 Å². The van der Waals surface area contributed by atoms with Crippen molar-refractivity contribution in [2.75, 3.05) is 33.2 Å². The Morgan fingerprint density at radius 3 is 2.63 bits per heavy atom. The maximum absolute atomic E-state index is 11.1. The van der Waals surface area contributed by atoms with Gasteiger partial charge in [0.2, 0.25) is 0 Å². The van der Waals surface area contributed by atoms with Crippen molar-refractivity contribution < 1.29 is 9.90 Å². The summed E-state index contributed by atoms with van der Waals surface area (Å²) in [6.07, 6.45) is 3.07. The molecule has 2 unspecified atom stereocenters. The first kappa shape index (κ1) is 16.4. The van der Waals surface area contributed by atoms with Gasteiger partial charge in [-0.15, -0.1) is 0 Å².